The van der Waals surface area contributed by atoms with E-state index in [4.69, 9.17) is 15.2 Å². The van der Waals surface area contributed by atoms with Crippen LogP contribution in [-0.2, 0) is 4.79 Å². The molecule has 1 amide bonds. The molecule has 2 atom stereocenters. The summed E-state index contributed by atoms with van der Waals surface area (Å²) in [5.41, 5.74) is 7.19. The molecule has 1 aromatic rings. The van der Waals surface area contributed by atoms with Gasteiger partial charge in [-0.25, -0.2) is 0 Å². The van der Waals surface area contributed by atoms with Gasteiger partial charge in [0.25, 0.3) is 0 Å². The minimum absolute atomic E-state index is 0.103. The Kier molecular flexibility index (Phi) is 2.94. The number of nitrogens with one attached hydrogen (secondary N) is 1. The number of fused-ring (bicyclic) bond motifs is 2. The summed E-state index contributed by atoms with van der Waals surface area (Å²) in [6, 6.07) is 3.52. The van der Waals surface area contributed by atoms with E-state index >= 15 is 0 Å². The van der Waals surface area contributed by atoms with Crippen molar-refractivity contribution in [3.05, 3.63) is 12.1 Å². The molecule has 1 aliphatic heterocycles. The van der Waals surface area contributed by atoms with E-state index in [1.54, 1.807) is 12.1 Å². The van der Waals surface area contributed by atoms with E-state index in [1.165, 1.54) is 19.3 Å². The Labute approximate surface area is 123 Å². The van der Waals surface area contributed by atoms with Gasteiger partial charge in [-0.1, -0.05) is 6.42 Å². The first-order valence-corrected chi connectivity index (χ1v) is 7.74. The highest BCUT2D eigenvalue weighted by atomic mass is 16.5. The molecule has 4 rings (SSSR count). The molecule has 21 heavy (non-hydrogen) atoms. The topological polar surface area (TPSA) is 73.6 Å². The van der Waals surface area contributed by atoms with Crippen LogP contribution in [0.1, 0.15) is 25.7 Å². The Morgan fingerprint density at radius 3 is 2.48 bits per heavy atom. The van der Waals surface area contributed by atoms with E-state index in [1.807, 2.05) is 0 Å². The zero-order chi connectivity index (χ0) is 14.4. The number of hydrogen-bond acceptors (Lipinski definition) is 4. The molecule has 1 aromatic carbocycles. The highest BCUT2D eigenvalue weighted by Gasteiger charge is 2.56. The first kappa shape index (κ1) is 12.8. The largest absolute Gasteiger partial charge is 0.489 e. The molecule has 0 saturated heterocycles. The lowest BCUT2D eigenvalue weighted by molar-refractivity contribution is -0.118. The maximum atomic E-state index is 12.3. The first-order chi connectivity index (χ1) is 10.2. The van der Waals surface area contributed by atoms with Crippen LogP contribution in [0, 0.1) is 17.8 Å². The van der Waals surface area contributed by atoms with E-state index in [0.29, 0.717) is 47.9 Å². The average Bonchev–Trinajstić information content (AvgIpc) is 3.05. The van der Waals surface area contributed by atoms with Crippen LogP contribution in [0.3, 0.4) is 0 Å². The molecular weight excluding hydrogens is 268 g/mol. The third-order valence-electron chi connectivity index (χ3n) is 4.89. The molecule has 0 bridgehead atoms. The fraction of sp³-hybridized carbons (Fsp3) is 0.562. The second kappa shape index (κ2) is 4.83. The minimum Gasteiger partial charge on any atom is -0.489 e. The van der Waals surface area contributed by atoms with Gasteiger partial charge in [0, 0.05) is 24.5 Å². The molecule has 3 aliphatic rings. The number of nitrogen functional groups attached to an aromatic ring is 1. The van der Waals surface area contributed by atoms with Crippen LogP contribution in [0.4, 0.5) is 11.4 Å². The maximum Gasteiger partial charge on any atom is 0.228 e. The van der Waals surface area contributed by atoms with Gasteiger partial charge in [0.15, 0.2) is 11.5 Å². The van der Waals surface area contributed by atoms with E-state index < -0.39 is 0 Å². The predicted molar refractivity (Wildman–Crippen MR) is 79.4 cm³/mol. The van der Waals surface area contributed by atoms with Crippen molar-refractivity contribution in [3.63, 3.8) is 0 Å². The van der Waals surface area contributed by atoms with Crippen LogP contribution in [0.2, 0.25) is 0 Å². The van der Waals surface area contributed by atoms with Gasteiger partial charge in [0.2, 0.25) is 5.91 Å². The second-order valence-electron chi connectivity index (χ2n) is 6.21. The molecule has 5 heteroatoms. The third kappa shape index (κ3) is 2.20. The Morgan fingerprint density at radius 1 is 1.10 bits per heavy atom. The maximum absolute atomic E-state index is 12.3. The van der Waals surface area contributed by atoms with Gasteiger partial charge in [-0.05, 0) is 24.7 Å². The van der Waals surface area contributed by atoms with Gasteiger partial charge in [0.05, 0.1) is 24.6 Å². The molecule has 2 fully saturated rings. The molecule has 2 unspecified atom stereocenters. The van der Waals surface area contributed by atoms with Gasteiger partial charge >= 0.3 is 0 Å². The summed E-state index contributed by atoms with van der Waals surface area (Å²) in [5, 5.41) is 2.97. The number of anilines is 2. The van der Waals surface area contributed by atoms with Gasteiger partial charge in [0.1, 0.15) is 0 Å². The van der Waals surface area contributed by atoms with Crippen LogP contribution in [0.5, 0.6) is 11.5 Å². The average molecular weight is 288 g/mol. The van der Waals surface area contributed by atoms with Gasteiger partial charge in [-0.2, -0.15) is 0 Å². The molecular formula is C16H20N2O3. The summed E-state index contributed by atoms with van der Waals surface area (Å²) in [6.07, 6.45) is 4.51. The van der Waals surface area contributed by atoms with Crippen LogP contribution in [0.15, 0.2) is 12.1 Å². The molecule has 2 aliphatic carbocycles. The van der Waals surface area contributed by atoms with E-state index in [9.17, 15) is 4.79 Å². The van der Waals surface area contributed by atoms with Gasteiger partial charge in [-0.3, -0.25) is 4.79 Å². The zero-order valence-corrected chi connectivity index (χ0v) is 11.9. The van der Waals surface area contributed by atoms with E-state index in [0.717, 1.165) is 6.42 Å². The van der Waals surface area contributed by atoms with Crippen molar-refractivity contribution < 1.29 is 14.3 Å². The molecule has 112 valence electrons. The molecule has 0 spiro atoms. The molecule has 5 nitrogen and oxygen atoms in total. The molecule has 3 N–H and O–H groups in total. The molecule has 0 aromatic heterocycles. The number of hydrogen-bond donors (Lipinski definition) is 2. The molecule has 0 radical (unpaired) electrons. The standard InChI is InChI=1S/C16H20N2O3/c17-11-7-13-14(21-6-2-5-20-13)8-12(11)18-16(19)15-9-3-1-4-10(9)15/h7-10,15H,1-6,17H2,(H,18,19). The summed E-state index contributed by atoms with van der Waals surface area (Å²) < 4.78 is 11.2. The van der Waals surface area contributed by atoms with Crippen LogP contribution in [-0.4, -0.2) is 19.1 Å². The Morgan fingerprint density at radius 2 is 1.76 bits per heavy atom. The monoisotopic (exact) mass is 288 g/mol. The number of ether oxygens (including phenoxy) is 2. The molecule has 1 heterocycles. The lowest BCUT2D eigenvalue weighted by atomic mass is 10.1. The van der Waals surface area contributed by atoms with Crippen molar-refractivity contribution in [1.82, 2.24) is 0 Å². The number of carbonyl (C=O) groups excluding carboxylic acids is 1. The van der Waals surface area contributed by atoms with E-state index in [-0.39, 0.29) is 11.8 Å². The summed E-state index contributed by atoms with van der Waals surface area (Å²) in [4.78, 5) is 12.3. The highest BCUT2D eigenvalue weighted by molar-refractivity contribution is 5.98. The van der Waals surface area contributed by atoms with Crippen molar-refractivity contribution in [2.75, 3.05) is 24.3 Å². The number of amides is 1. The second-order valence-corrected chi connectivity index (χ2v) is 6.21. The van der Waals surface area contributed by atoms with Crippen LogP contribution in [0.25, 0.3) is 0 Å². The first-order valence-electron chi connectivity index (χ1n) is 7.74. The van der Waals surface area contributed by atoms with Crippen molar-refractivity contribution in [1.29, 1.82) is 0 Å². The van der Waals surface area contributed by atoms with Gasteiger partial charge in [-0.15, -0.1) is 0 Å². The number of nitrogens with two attached hydrogens (primary N) is 1. The van der Waals surface area contributed by atoms with Crippen LogP contribution >= 0.6 is 0 Å². The normalized spacial score (nSPS) is 29.4. The SMILES string of the molecule is Nc1cc2c(cc1NC(=O)C1C3CCCC31)OCCCO2. The third-order valence-corrected chi connectivity index (χ3v) is 4.89. The lowest BCUT2D eigenvalue weighted by Crippen LogP contribution is -2.17. The number of rotatable bonds is 2. The summed E-state index contributed by atoms with van der Waals surface area (Å²) in [7, 11) is 0. The van der Waals surface area contributed by atoms with Crippen molar-refractivity contribution >= 4 is 17.3 Å². The van der Waals surface area contributed by atoms with Crippen LogP contribution < -0.4 is 20.5 Å². The summed E-state index contributed by atoms with van der Waals surface area (Å²) in [5.74, 6) is 2.82. The van der Waals surface area contributed by atoms with Gasteiger partial charge < -0.3 is 20.5 Å². The highest BCUT2D eigenvalue weighted by Crippen LogP contribution is 2.57. The Bertz CT molecular complexity index is 577. The lowest BCUT2D eigenvalue weighted by Gasteiger charge is -2.13. The predicted octanol–water partition coefficient (Wildman–Crippen LogP) is 2.41. The summed E-state index contributed by atoms with van der Waals surface area (Å²) in [6.45, 7) is 1.25. The summed E-state index contributed by atoms with van der Waals surface area (Å²) >= 11 is 0. The van der Waals surface area contributed by atoms with Crippen molar-refractivity contribution in [2.24, 2.45) is 17.8 Å². The van der Waals surface area contributed by atoms with Crippen molar-refractivity contribution in [2.45, 2.75) is 25.7 Å². The number of benzene rings is 1. The van der Waals surface area contributed by atoms with E-state index in [2.05, 4.69) is 5.32 Å². The number of carbonyl (C=O) groups is 1. The minimum atomic E-state index is 0.103. The Hall–Kier alpha value is -1.91. The smallest absolute Gasteiger partial charge is 0.228 e. The quantitative estimate of drug-likeness (QED) is 0.820. The fourth-order valence-corrected chi connectivity index (χ4v) is 3.76. The zero-order valence-electron chi connectivity index (χ0n) is 11.9. The molecule has 2 saturated carbocycles. The fourth-order valence-electron chi connectivity index (χ4n) is 3.76. The van der Waals surface area contributed by atoms with Crippen molar-refractivity contribution in [3.8, 4) is 11.5 Å². The Balaban J connectivity index is 1.52.